The minimum Gasteiger partial charge on any atom is -0.452 e. The molecule has 5 heteroatoms. The molecule has 0 saturated carbocycles. The van der Waals surface area contributed by atoms with Crippen molar-refractivity contribution in [2.75, 3.05) is 0 Å². The summed E-state index contributed by atoms with van der Waals surface area (Å²) in [6.07, 6.45) is 1.39. The molecule has 1 amide bonds. The Morgan fingerprint density at radius 3 is 2.59 bits per heavy atom. The molecular formula is C12H9BrClNO2. The van der Waals surface area contributed by atoms with Crippen LogP contribution in [0.25, 0.3) is 0 Å². The molecule has 0 fully saturated rings. The lowest BCUT2D eigenvalue weighted by Crippen LogP contribution is -2.22. The number of hydrogen-bond donors (Lipinski definition) is 1. The number of amides is 1. The first-order valence-electron chi connectivity index (χ1n) is 4.92. The fourth-order valence-corrected chi connectivity index (χ4v) is 1.80. The highest BCUT2D eigenvalue weighted by Gasteiger charge is 2.12. The van der Waals surface area contributed by atoms with Crippen LogP contribution in [0.3, 0.4) is 0 Å². The quantitative estimate of drug-likeness (QED) is 0.940. The van der Waals surface area contributed by atoms with Gasteiger partial charge in [0.05, 0.1) is 11.8 Å². The second-order valence-corrected chi connectivity index (χ2v) is 4.68. The Hall–Kier alpha value is -1.26. The van der Waals surface area contributed by atoms with E-state index in [0.717, 1.165) is 10.0 Å². The van der Waals surface area contributed by atoms with E-state index < -0.39 is 0 Å². The van der Waals surface area contributed by atoms with Gasteiger partial charge in [0.2, 0.25) is 5.22 Å². The summed E-state index contributed by atoms with van der Waals surface area (Å²) >= 11 is 9.05. The van der Waals surface area contributed by atoms with Crippen LogP contribution < -0.4 is 5.32 Å². The van der Waals surface area contributed by atoms with Gasteiger partial charge in [0.15, 0.2) is 0 Å². The van der Waals surface area contributed by atoms with Gasteiger partial charge in [-0.3, -0.25) is 4.79 Å². The van der Waals surface area contributed by atoms with Crippen molar-refractivity contribution in [2.24, 2.45) is 0 Å². The predicted octanol–water partition coefficient (Wildman–Crippen LogP) is 3.63. The lowest BCUT2D eigenvalue weighted by molar-refractivity contribution is 0.0950. The third-order valence-corrected chi connectivity index (χ3v) is 3.05. The summed E-state index contributed by atoms with van der Waals surface area (Å²) in [5, 5.41) is 2.87. The first kappa shape index (κ1) is 12.2. The van der Waals surface area contributed by atoms with Gasteiger partial charge in [-0.1, -0.05) is 28.1 Å². The van der Waals surface area contributed by atoms with Gasteiger partial charge in [0.25, 0.3) is 5.91 Å². The van der Waals surface area contributed by atoms with E-state index in [1.165, 1.54) is 6.26 Å². The molecule has 88 valence electrons. The average molecular weight is 315 g/mol. The normalized spacial score (nSPS) is 10.2. The fourth-order valence-electron chi connectivity index (χ4n) is 1.34. The molecule has 0 aliphatic heterocycles. The number of benzene rings is 1. The Labute approximate surface area is 112 Å². The van der Waals surface area contributed by atoms with Crippen molar-refractivity contribution in [2.45, 2.75) is 6.54 Å². The van der Waals surface area contributed by atoms with E-state index in [1.54, 1.807) is 6.07 Å². The summed E-state index contributed by atoms with van der Waals surface area (Å²) < 4.78 is 5.86. The Morgan fingerprint density at radius 1 is 1.29 bits per heavy atom. The summed E-state index contributed by atoms with van der Waals surface area (Å²) in [6.45, 7) is 0.452. The zero-order valence-electron chi connectivity index (χ0n) is 8.74. The Bertz CT molecular complexity index is 522. The zero-order valence-corrected chi connectivity index (χ0v) is 11.1. The second kappa shape index (κ2) is 5.38. The van der Waals surface area contributed by atoms with Crippen LogP contribution in [-0.4, -0.2) is 5.91 Å². The third kappa shape index (κ3) is 3.11. The zero-order chi connectivity index (χ0) is 12.3. The molecule has 0 spiro atoms. The predicted molar refractivity (Wildman–Crippen MR) is 69.0 cm³/mol. The van der Waals surface area contributed by atoms with E-state index in [-0.39, 0.29) is 11.1 Å². The van der Waals surface area contributed by atoms with Crippen LogP contribution in [0.5, 0.6) is 0 Å². The van der Waals surface area contributed by atoms with Crippen molar-refractivity contribution in [1.29, 1.82) is 0 Å². The second-order valence-electron chi connectivity index (χ2n) is 3.42. The number of halogens is 2. The van der Waals surface area contributed by atoms with Gasteiger partial charge in [-0.05, 0) is 35.4 Å². The summed E-state index contributed by atoms with van der Waals surface area (Å²) in [6, 6.07) is 9.25. The average Bonchev–Trinajstić information content (AvgIpc) is 2.74. The molecule has 1 aromatic heterocycles. The van der Waals surface area contributed by atoms with E-state index >= 15 is 0 Å². The molecule has 0 radical (unpaired) electrons. The third-order valence-electron chi connectivity index (χ3n) is 2.23. The van der Waals surface area contributed by atoms with Gasteiger partial charge in [-0.2, -0.15) is 0 Å². The first-order chi connectivity index (χ1) is 8.16. The van der Waals surface area contributed by atoms with Crippen molar-refractivity contribution in [3.05, 3.63) is 57.4 Å². The van der Waals surface area contributed by atoms with E-state index in [4.69, 9.17) is 16.0 Å². The summed E-state index contributed by atoms with van der Waals surface area (Å²) in [7, 11) is 0. The summed E-state index contributed by atoms with van der Waals surface area (Å²) in [5.41, 5.74) is 1.37. The van der Waals surface area contributed by atoms with Crippen LogP contribution in [0.15, 0.2) is 45.5 Å². The number of nitrogens with one attached hydrogen (secondary N) is 1. The maximum Gasteiger partial charge on any atom is 0.256 e. The molecule has 17 heavy (non-hydrogen) atoms. The number of rotatable bonds is 3. The highest BCUT2D eigenvalue weighted by Crippen LogP contribution is 2.16. The topological polar surface area (TPSA) is 42.2 Å². The largest absolute Gasteiger partial charge is 0.452 e. The number of furan rings is 1. The SMILES string of the molecule is O=C(NCc1ccc(Br)cc1)c1ccoc1Cl. The molecule has 0 unspecified atom stereocenters. The molecular weight excluding hydrogens is 305 g/mol. The first-order valence-corrected chi connectivity index (χ1v) is 6.09. The van der Waals surface area contributed by atoms with Gasteiger partial charge in [-0.25, -0.2) is 0 Å². The van der Waals surface area contributed by atoms with Crippen LogP contribution in [0.2, 0.25) is 5.22 Å². The van der Waals surface area contributed by atoms with Crippen molar-refractivity contribution in [1.82, 2.24) is 5.32 Å². The number of carbonyl (C=O) groups is 1. The molecule has 3 nitrogen and oxygen atoms in total. The number of carbonyl (C=O) groups excluding carboxylic acids is 1. The smallest absolute Gasteiger partial charge is 0.256 e. The van der Waals surface area contributed by atoms with Crippen LogP contribution >= 0.6 is 27.5 Å². The molecule has 0 aliphatic carbocycles. The standard InChI is InChI=1S/C12H9BrClNO2/c13-9-3-1-8(2-4-9)7-15-12(16)10-5-6-17-11(10)14/h1-6H,7H2,(H,15,16). The minimum absolute atomic E-state index is 0.110. The van der Waals surface area contributed by atoms with Gasteiger partial charge in [-0.15, -0.1) is 0 Å². The van der Waals surface area contributed by atoms with Crippen molar-refractivity contribution in [3.63, 3.8) is 0 Å². The van der Waals surface area contributed by atoms with Gasteiger partial charge >= 0.3 is 0 Å². The molecule has 1 aromatic carbocycles. The van der Waals surface area contributed by atoms with E-state index in [1.807, 2.05) is 24.3 Å². The molecule has 1 N–H and O–H groups in total. The van der Waals surface area contributed by atoms with Crippen LogP contribution in [0.1, 0.15) is 15.9 Å². The molecule has 1 heterocycles. The maximum atomic E-state index is 11.7. The molecule has 0 bridgehead atoms. The summed E-state index contributed by atoms with van der Waals surface area (Å²) in [5.74, 6) is -0.244. The highest BCUT2D eigenvalue weighted by atomic mass is 79.9. The van der Waals surface area contributed by atoms with E-state index in [9.17, 15) is 4.79 Å². The van der Waals surface area contributed by atoms with Gasteiger partial charge in [0, 0.05) is 11.0 Å². The molecule has 0 saturated heterocycles. The monoisotopic (exact) mass is 313 g/mol. The number of hydrogen-bond acceptors (Lipinski definition) is 2. The van der Waals surface area contributed by atoms with Crippen LogP contribution in [0.4, 0.5) is 0 Å². The van der Waals surface area contributed by atoms with Crippen molar-refractivity contribution in [3.8, 4) is 0 Å². The van der Waals surface area contributed by atoms with Gasteiger partial charge < -0.3 is 9.73 Å². The van der Waals surface area contributed by atoms with E-state index in [0.29, 0.717) is 12.1 Å². The lowest BCUT2D eigenvalue weighted by Gasteiger charge is -2.04. The lowest BCUT2D eigenvalue weighted by atomic mass is 10.2. The van der Waals surface area contributed by atoms with Gasteiger partial charge in [0.1, 0.15) is 0 Å². The van der Waals surface area contributed by atoms with Crippen LogP contribution in [0, 0.1) is 0 Å². The van der Waals surface area contributed by atoms with E-state index in [2.05, 4.69) is 21.2 Å². The summed E-state index contributed by atoms with van der Waals surface area (Å²) in [4.78, 5) is 11.7. The Balaban J connectivity index is 1.97. The maximum absolute atomic E-state index is 11.7. The molecule has 2 rings (SSSR count). The molecule has 0 atom stereocenters. The fraction of sp³-hybridized carbons (Fsp3) is 0.0833. The van der Waals surface area contributed by atoms with Crippen LogP contribution in [-0.2, 0) is 6.54 Å². The Kier molecular flexibility index (Phi) is 3.86. The van der Waals surface area contributed by atoms with Crippen molar-refractivity contribution < 1.29 is 9.21 Å². The highest BCUT2D eigenvalue weighted by molar-refractivity contribution is 9.10. The molecule has 0 aliphatic rings. The minimum atomic E-state index is -0.244. The Morgan fingerprint density at radius 2 is 2.00 bits per heavy atom. The van der Waals surface area contributed by atoms with Crippen molar-refractivity contribution >= 4 is 33.4 Å². The molecule has 2 aromatic rings.